The molecule has 0 spiro atoms. The number of carbonyl (C=O) groups is 2. The number of ether oxygens (including phenoxy) is 1. The Bertz CT molecular complexity index is 467. The molecule has 5 heteroatoms. The van der Waals surface area contributed by atoms with E-state index in [1.165, 1.54) is 0 Å². The summed E-state index contributed by atoms with van der Waals surface area (Å²) >= 11 is 0. The smallest absolute Gasteiger partial charge is 0.226 e. The maximum absolute atomic E-state index is 11.7. The number of amides is 2. The van der Waals surface area contributed by atoms with Crippen LogP contribution in [0.3, 0.4) is 0 Å². The van der Waals surface area contributed by atoms with Gasteiger partial charge in [0, 0.05) is 24.6 Å². The van der Waals surface area contributed by atoms with Gasteiger partial charge in [-0.05, 0) is 37.1 Å². The van der Waals surface area contributed by atoms with Crippen molar-refractivity contribution in [2.24, 2.45) is 5.92 Å². The molecule has 2 amide bonds. The van der Waals surface area contributed by atoms with Crippen LogP contribution in [-0.2, 0) is 9.59 Å². The molecule has 1 fully saturated rings. The molecule has 1 saturated carbocycles. The molecule has 1 aromatic rings. The summed E-state index contributed by atoms with van der Waals surface area (Å²) in [6.07, 6.45) is 3.37. The molecule has 0 aromatic heterocycles. The zero-order chi connectivity index (χ0) is 14.4. The fraction of sp³-hybridized carbons (Fsp3) is 0.467. The van der Waals surface area contributed by atoms with Crippen LogP contribution in [0.2, 0.25) is 0 Å². The minimum atomic E-state index is -0.107. The lowest BCUT2D eigenvalue weighted by Crippen LogP contribution is -2.36. The van der Waals surface area contributed by atoms with E-state index in [4.69, 9.17) is 4.74 Å². The molecule has 20 heavy (non-hydrogen) atoms. The van der Waals surface area contributed by atoms with Gasteiger partial charge >= 0.3 is 0 Å². The van der Waals surface area contributed by atoms with Crippen molar-refractivity contribution in [1.29, 1.82) is 0 Å². The molecule has 0 aliphatic heterocycles. The maximum Gasteiger partial charge on any atom is 0.226 e. The Morgan fingerprint density at radius 1 is 1.25 bits per heavy atom. The standard InChI is InChI=1S/C15H20N2O3/c1-20-13-7-5-12(6-8-13)17-14(18)9-10-16-15(19)11-3-2-4-11/h5-8,11H,2-4,9-10H2,1H3,(H,16,19)(H,17,18). The molecular formula is C15H20N2O3. The average molecular weight is 276 g/mol. The van der Waals surface area contributed by atoms with Crippen molar-refractivity contribution in [2.45, 2.75) is 25.7 Å². The Morgan fingerprint density at radius 2 is 1.95 bits per heavy atom. The predicted molar refractivity (Wildman–Crippen MR) is 76.6 cm³/mol. The number of methoxy groups -OCH3 is 1. The third kappa shape index (κ3) is 3.98. The van der Waals surface area contributed by atoms with Crippen LogP contribution in [0.25, 0.3) is 0 Å². The molecule has 1 aromatic carbocycles. The molecule has 1 aliphatic carbocycles. The molecule has 0 atom stereocenters. The summed E-state index contributed by atoms with van der Waals surface area (Å²) in [5, 5.41) is 5.58. The maximum atomic E-state index is 11.7. The lowest BCUT2D eigenvalue weighted by atomic mass is 9.85. The molecule has 5 nitrogen and oxygen atoms in total. The number of benzene rings is 1. The Morgan fingerprint density at radius 3 is 2.50 bits per heavy atom. The normalized spacial score (nSPS) is 14.2. The zero-order valence-corrected chi connectivity index (χ0v) is 11.6. The van der Waals surface area contributed by atoms with Gasteiger partial charge in [0.1, 0.15) is 5.75 Å². The Hall–Kier alpha value is -2.04. The van der Waals surface area contributed by atoms with E-state index >= 15 is 0 Å². The molecule has 0 bridgehead atoms. The van der Waals surface area contributed by atoms with Crippen LogP contribution in [-0.4, -0.2) is 25.5 Å². The fourth-order valence-electron chi connectivity index (χ4n) is 2.01. The molecule has 2 N–H and O–H groups in total. The largest absolute Gasteiger partial charge is 0.497 e. The summed E-state index contributed by atoms with van der Waals surface area (Å²) in [6.45, 7) is 0.386. The minimum absolute atomic E-state index is 0.0773. The van der Waals surface area contributed by atoms with Gasteiger partial charge in [-0.15, -0.1) is 0 Å². The summed E-state index contributed by atoms with van der Waals surface area (Å²) < 4.78 is 5.04. The fourth-order valence-corrected chi connectivity index (χ4v) is 2.01. The molecule has 2 rings (SSSR count). The molecule has 1 aliphatic rings. The second-order valence-corrected chi connectivity index (χ2v) is 4.95. The van der Waals surface area contributed by atoms with Crippen LogP contribution in [0.4, 0.5) is 5.69 Å². The molecule has 0 unspecified atom stereocenters. The van der Waals surface area contributed by atoms with Crippen molar-refractivity contribution in [3.8, 4) is 5.75 Å². The first kappa shape index (κ1) is 14.4. The van der Waals surface area contributed by atoms with Gasteiger partial charge in [-0.1, -0.05) is 6.42 Å². The van der Waals surface area contributed by atoms with Crippen molar-refractivity contribution in [2.75, 3.05) is 19.0 Å². The summed E-state index contributed by atoms with van der Waals surface area (Å²) in [5.74, 6) is 0.882. The number of carbonyl (C=O) groups excluding carboxylic acids is 2. The second kappa shape index (κ2) is 6.93. The Kier molecular flexibility index (Phi) is 4.98. The summed E-state index contributed by atoms with van der Waals surface area (Å²) in [6, 6.07) is 7.13. The van der Waals surface area contributed by atoms with Gasteiger partial charge in [0.15, 0.2) is 0 Å². The highest BCUT2D eigenvalue weighted by atomic mass is 16.5. The monoisotopic (exact) mass is 276 g/mol. The van der Waals surface area contributed by atoms with Gasteiger partial charge in [0.2, 0.25) is 11.8 Å². The highest BCUT2D eigenvalue weighted by Gasteiger charge is 2.24. The summed E-state index contributed by atoms with van der Waals surface area (Å²) in [4.78, 5) is 23.3. The first-order chi connectivity index (χ1) is 9.69. The molecule has 0 heterocycles. The highest BCUT2D eigenvalue weighted by Crippen LogP contribution is 2.26. The van der Waals surface area contributed by atoms with E-state index in [0.29, 0.717) is 6.54 Å². The number of hydrogen-bond acceptors (Lipinski definition) is 3. The van der Waals surface area contributed by atoms with Crippen LogP contribution in [0.15, 0.2) is 24.3 Å². The summed E-state index contributed by atoms with van der Waals surface area (Å²) in [5.41, 5.74) is 0.723. The summed E-state index contributed by atoms with van der Waals surface area (Å²) in [7, 11) is 1.60. The van der Waals surface area contributed by atoms with Gasteiger partial charge in [0.05, 0.1) is 7.11 Å². The van der Waals surface area contributed by atoms with E-state index in [-0.39, 0.29) is 24.2 Å². The van der Waals surface area contributed by atoms with E-state index in [2.05, 4.69) is 10.6 Å². The minimum Gasteiger partial charge on any atom is -0.497 e. The van der Waals surface area contributed by atoms with Gasteiger partial charge < -0.3 is 15.4 Å². The van der Waals surface area contributed by atoms with E-state index in [0.717, 1.165) is 30.7 Å². The van der Waals surface area contributed by atoms with Crippen molar-refractivity contribution in [3.05, 3.63) is 24.3 Å². The van der Waals surface area contributed by atoms with Crippen LogP contribution >= 0.6 is 0 Å². The zero-order valence-electron chi connectivity index (χ0n) is 11.6. The van der Waals surface area contributed by atoms with Crippen LogP contribution in [0.5, 0.6) is 5.75 Å². The van der Waals surface area contributed by atoms with E-state index in [1.54, 1.807) is 31.4 Å². The van der Waals surface area contributed by atoms with Gasteiger partial charge in [-0.3, -0.25) is 9.59 Å². The van der Waals surface area contributed by atoms with Crippen molar-refractivity contribution < 1.29 is 14.3 Å². The molecule has 108 valence electrons. The van der Waals surface area contributed by atoms with Crippen molar-refractivity contribution >= 4 is 17.5 Å². The number of anilines is 1. The lowest BCUT2D eigenvalue weighted by molar-refractivity contribution is -0.127. The van der Waals surface area contributed by atoms with E-state index in [9.17, 15) is 9.59 Å². The van der Waals surface area contributed by atoms with Crippen LogP contribution in [0.1, 0.15) is 25.7 Å². The Labute approximate surface area is 118 Å². The molecule has 0 saturated heterocycles. The van der Waals surface area contributed by atoms with E-state index in [1.807, 2.05) is 0 Å². The second-order valence-electron chi connectivity index (χ2n) is 4.95. The first-order valence-electron chi connectivity index (χ1n) is 6.90. The van der Waals surface area contributed by atoms with Crippen LogP contribution < -0.4 is 15.4 Å². The highest BCUT2D eigenvalue weighted by molar-refractivity contribution is 5.91. The predicted octanol–water partition coefficient (Wildman–Crippen LogP) is 1.94. The third-order valence-electron chi connectivity index (χ3n) is 3.50. The number of hydrogen-bond donors (Lipinski definition) is 2. The van der Waals surface area contributed by atoms with Gasteiger partial charge in [0.25, 0.3) is 0 Å². The van der Waals surface area contributed by atoms with Crippen LogP contribution in [0, 0.1) is 5.92 Å². The van der Waals surface area contributed by atoms with Gasteiger partial charge in [-0.2, -0.15) is 0 Å². The molecule has 0 radical (unpaired) electrons. The SMILES string of the molecule is COc1ccc(NC(=O)CCNC(=O)C2CCC2)cc1. The lowest BCUT2D eigenvalue weighted by Gasteiger charge is -2.23. The van der Waals surface area contributed by atoms with E-state index < -0.39 is 0 Å². The third-order valence-corrected chi connectivity index (χ3v) is 3.50. The first-order valence-corrected chi connectivity index (χ1v) is 6.90. The Balaban J connectivity index is 1.67. The average Bonchev–Trinajstić information content (AvgIpc) is 2.37. The quantitative estimate of drug-likeness (QED) is 0.834. The van der Waals surface area contributed by atoms with Crippen molar-refractivity contribution in [3.63, 3.8) is 0 Å². The number of nitrogens with one attached hydrogen (secondary N) is 2. The van der Waals surface area contributed by atoms with Gasteiger partial charge in [-0.25, -0.2) is 0 Å². The topological polar surface area (TPSA) is 67.4 Å². The van der Waals surface area contributed by atoms with Crippen molar-refractivity contribution in [1.82, 2.24) is 5.32 Å². The number of rotatable bonds is 6. The molecular weight excluding hydrogens is 256 g/mol.